The largest absolute Gasteiger partial charge is 0.330 e. The van der Waals surface area contributed by atoms with Crippen molar-refractivity contribution in [3.8, 4) is 0 Å². The van der Waals surface area contributed by atoms with Gasteiger partial charge in [-0.2, -0.15) is 0 Å². The summed E-state index contributed by atoms with van der Waals surface area (Å²) in [6, 6.07) is 3.00. The van der Waals surface area contributed by atoms with Crippen LogP contribution in [0.2, 0.25) is 0 Å². The van der Waals surface area contributed by atoms with Crippen molar-refractivity contribution in [2.24, 2.45) is 5.73 Å². The van der Waals surface area contributed by atoms with Gasteiger partial charge in [-0.25, -0.2) is 8.78 Å². The molecule has 0 saturated heterocycles. The van der Waals surface area contributed by atoms with E-state index in [0.29, 0.717) is 19.4 Å². The molecule has 1 aromatic rings. The van der Waals surface area contributed by atoms with Crippen LogP contribution in [0.25, 0.3) is 0 Å². The van der Waals surface area contributed by atoms with Gasteiger partial charge in [-0.05, 0) is 37.6 Å². The first-order valence-corrected chi connectivity index (χ1v) is 6.37. The highest BCUT2D eigenvalue weighted by atomic mass is 32.2. The molecule has 0 aromatic heterocycles. The lowest BCUT2D eigenvalue weighted by atomic mass is 10.2. The standard InChI is InChI=1S/C11H15F2NOS/c1-2-9(5-6-14)16(15)11-7-8(12)3-4-10(11)13/h3-4,7,9H,2,5-6,14H2,1H3. The zero-order valence-electron chi connectivity index (χ0n) is 9.08. The predicted octanol–water partition coefficient (Wildman–Crippen LogP) is 2.20. The zero-order chi connectivity index (χ0) is 12.1. The monoisotopic (exact) mass is 247 g/mol. The summed E-state index contributed by atoms with van der Waals surface area (Å²) in [5.74, 6) is -1.21. The van der Waals surface area contributed by atoms with Gasteiger partial charge in [0.15, 0.2) is 0 Å². The van der Waals surface area contributed by atoms with Crippen LogP contribution in [0.4, 0.5) is 8.78 Å². The van der Waals surface area contributed by atoms with E-state index in [9.17, 15) is 13.0 Å². The fraction of sp³-hybridized carbons (Fsp3) is 0.455. The summed E-state index contributed by atoms with van der Waals surface area (Å²) in [4.78, 5) is -0.0692. The highest BCUT2D eigenvalue weighted by Gasteiger charge is 2.19. The van der Waals surface area contributed by atoms with Crippen molar-refractivity contribution in [1.82, 2.24) is 0 Å². The Morgan fingerprint density at radius 2 is 2.12 bits per heavy atom. The third-order valence-electron chi connectivity index (χ3n) is 2.36. The third kappa shape index (κ3) is 3.09. The number of halogens is 2. The zero-order valence-corrected chi connectivity index (χ0v) is 9.90. The second-order valence-corrected chi connectivity index (χ2v) is 5.18. The molecule has 2 N–H and O–H groups in total. The number of benzene rings is 1. The minimum Gasteiger partial charge on any atom is -0.330 e. The fourth-order valence-corrected chi connectivity index (χ4v) is 2.96. The van der Waals surface area contributed by atoms with E-state index in [1.807, 2.05) is 6.92 Å². The third-order valence-corrected chi connectivity index (χ3v) is 4.28. The molecule has 0 saturated carbocycles. The van der Waals surface area contributed by atoms with Gasteiger partial charge in [-0.3, -0.25) is 4.21 Å². The Bertz CT molecular complexity index is 384. The van der Waals surface area contributed by atoms with Gasteiger partial charge in [0.25, 0.3) is 0 Å². The van der Waals surface area contributed by atoms with E-state index >= 15 is 0 Å². The van der Waals surface area contributed by atoms with Gasteiger partial charge in [0.1, 0.15) is 11.6 Å². The fourth-order valence-electron chi connectivity index (χ4n) is 1.46. The maximum atomic E-state index is 13.4. The lowest BCUT2D eigenvalue weighted by Crippen LogP contribution is -2.19. The molecule has 0 amide bonds. The van der Waals surface area contributed by atoms with Gasteiger partial charge >= 0.3 is 0 Å². The smallest absolute Gasteiger partial charge is 0.139 e. The summed E-state index contributed by atoms with van der Waals surface area (Å²) in [6.07, 6.45) is 1.17. The lowest BCUT2D eigenvalue weighted by molar-refractivity contribution is 0.568. The molecule has 0 fully saturated rings. The first kappa shape index (κ1) is 13.3. The molecule has 2 nitrogen and oxygen atoms in total. The summed E-state index contributed by atoms with van der Waals surface area (Å²) >= 11 is 0. The van der Waals surface area contributed by atoms with E-state index in [2.05, 4.69) is 0 Å². The molecule has 0 spiro atoms. The van der Waals surface area contributed by atoms with Crippen molar-refractivity contribution in [3.05, 3.63) is 29.8 Å². The average molecular weight is 247 g/mol. The highest BCUT2D eigenvalue weighted by molar-refractivity contribution is 7.85. The molecule has 1 aromatic carbocycles. The van der Waals surface area contributed by atoms with Gasteiger partial charge in [0.2, 0.25) is 0 Å². The minimum absolute atomic E-state index is 0.0692. The lowest BCUT2D eigenvalue weighted by Gasteiger charge is -2.13. The Balaban J connectivity index is 2.98. The normalized spacial score (nSPS) is 14.8. The molecule has 5 heteroatoms. The maximum absolute atomic E-state index is 13.4. The van der Waals surface area contributed by atoms with E-state index in [1.165, 1.54) is 0 Å². The van der Waals surface area contributed by atoms with Crippen molar-refractivity contribution in [2.75, 3.05) is 6.54 Å². The van der Waals surface area contributed by atoms with Gasteiger partial charge in [0, 0.05) is 5.25 Å². The second-order valence-electron chi connectivity index (χ2n) is 3.48. The van der Waals surface area contributed by atoms with E-state index < -0.39 is 22.4 Å². The van der Waals surface area contributed by atoms with E-state index in [4.69, 9.17) is 5.73 Å². The van der Waals surface area contributed by atoms with E-state index in [1.54, 1.807) is 0 Å². The van der Waals surface area contributed by atoms with Crippen LogP contribution in [0.5, 0.6) is 0 Å². The van der Waals surface area contributed by atoms with Crippen LogP contribution in [-0.2, 0) is 10.8 Å². The molecule has 0 radical (unpaired) electrons. The van der Waals surface area contributed by atoms with Crippen LogP contribution < -0.4 is 5.73 Å². The average Bonchev–Trinajstić information content (AvgIpc) is 2.28. The summed E-state index contributed by atoms with van der Waals surface area (Å²) < 4.78 is 38.3. The van der Waals surface area contributed by atoms with Gasteiger partial charge in [0.05, 0.1) is 15.7 Å². The Kier molecular flexibility index (Phi) is 5.02. The number of rotatable bonds is 5. The van der Waals surface area contributed by atoms with Crippen LogP contribution in [0, 0.1) is 11.6 Å². The number of hydrogen-bond donors (Lipinski definition) is 1. The SMILES string of the molecule is CCC(CCN)S(=O)c1cc(F)ccc1F. The predicted molar refractivity (Wildman–Crippen MR) is 60.5 cm³/mol. The molecule has 0 heterocycles. The van der Waals surface area contributed by atoms with Crippen LogP contribution in [0.1, 0.15) is 19.8 Å². The van der Waals surface area contributed by atoms with Crippen molar-refractivity contribution in [3.63, 3.8) is 0 Å². The molecule has 90 valence electrons. The molecule has 2 unspecified atom stereocenters. The molecule has 0 aliphatic heterocycles. The van der Waals surface area contributed by atoms with Crippen molar-refractivity contribution >= 4 is 10.8 Å². The Morgan fingerprint density at radius 1 is 1.44 bits per heavy atom. The Labute approximate surface area is 96.3 Å². The van der Waals surface area contributed by atoms with Crippen LogP contribution in [0.3, 0.4) is 0 Å². The Morgan fingerprint density at radius 3 is 2.69 bits per heavy atom. The van der Waals surface area contributed by atoms with Gasteiger partial charge in [-0.1, -0.05) is 6.92 Å². The first-order valence-electron chi connectivity index (χ1n) is 5.15. The van der Waals surface area contributed by atoms with Crippen molar-refractivity contribution < 1.29 is 13.0 Å². The van der Waals surface area contributed by atoms with E-state index in [0.717, 1.165) is 18.2 Å². The van der Waals surface area contributed by atoms with Crippen LogP contribution in [-0.4, -0.2) is 16.0 Å². The second kappa shape index (κ2) is 6.06. The molecule has 16 heavy (non-hydrogen) atoms. The van der Waals surface area contributed by atoms with Crippen LogP contribution >= 0.6 is 0 Å². The highest BCUT2D eigenvalue weighted by Crippen LogP contribution is 2.20. The molecule has 1 rings (SSSR count). The van der Waals surface area contributed by atoms with Gasteiger partial charge < -0.3 is 5.73 Å². The summed E-state index contributed by atoms with van der Waals surface area (Å²) in [5.41, 5.74) is 5.39. The maximum Gasteiger partial charge on any atom is 0.139 e. The van der Waals surface area contributed by atoms with Gasteiger partial charge in [-0.15, -0.1) is 0 Å². The number of hydrogen-bond acceptors (Lipinski definition) is 2. The summed E-state index contributed by atoms with van der Waals surface area (Å²) in [5, 5.41) is -0.221. The van der Waals surface area contributed by atoms with Crippen LogP contribution in [0.15, 0.2) is 23.1 Å². The molecule has 2 atom stereocenters. The van der Waals surface area contributed by atoms with Crippen molar-refractivity contribution in [2.45, 2.75) is 29.9 Å². The Hall–Kier alpha value is -0.810. The molecule has 0 aliphatic rings. The molecular weight excluding hydrogens is 232 g/mol. The van der Waals surface area contributed by atoms with Crippen molar-refractivity contribution in [1.29, 1.82) is 0 Å². The first-order chi connectivity index (χ1) is 7.60. The minimum atomic E-state index is -1.54. The molecule has 0 aliphatic carbocycles. The molecular formula is C11H15F2NOS. The quantitative estimate of drug-likeness (QED) is 0.866. The van der Waals surface area contributed by atoms with E-state index in [-0.39, 0.29) is 10.1 Å². The topological polar surface area (TPSA) is 43.1 Å². The summed E-state index contributed by atoms with van der Waals surface area (Å²) in [6.45, 7) is 2.25. The summed E-state index contributed by atoms with van der Waals surface area (Å²) in [7, 11) is -1.54. The molecule has 0 bridgehead atoms. The number of nitrogens with two attached hydrogens (primary N) is 1.